The molecule has 0 unspecified atom stereocenters. The number of nitrogens with zero attached hydrogens (tertiary/aromatic N) is 3. The molecule has 0 aliphatic carbocycles. The third-order valence-corrected chi connectivity index (χ3v) is 9.65. The number of benzene rings is 7. The van der Waals surface area contributed by atoms with Crippen LogP contribution in [0.2, 0.25) is 0 Å². The van der Waals surface area contributed by atoms with E-state index in [0.717, 1.165) is 34.5 Å². The quantitative estimate of drug-likeness (QED) is 0.172. The highest BCUT2D eigenvalue weighted by molar-refractivity contribution is 6.22. The van der Waals surface area contributed by atoms with Crippen molar-refractivity contribution in [2.75, 3.05) is 0 Å². The van der Waals surface area contributed by atoms with Gasteiger partial charge in [0.1, 0.15) is 5.82 Å². The van der Waals surface area contributed by atoms with Crippen molar-refractivity contribution in [3.63, 3.8) is 0 Å². The molecule has 0 fully saturated rings. The molecule has 0 atom stereocenters. The summed E-state index contributed by atoms with van der Waals surface area (Å²) in [6, 6.07) is 56.9. The van der Waals surface area contributed by atoms with Crippen LogP contribution in [0.3, 0.4) is 0 Å². The van der Waals surface area contributed by atoms with Gasteiger partial charge in [0.25, 0.3) is 0 Å². The molecule has 0 N–H and O–H groups in total. The van der Waals surface area contributed by atoms with Crippen molar-refractivity contribution in [1.29, 1.82) is 0 Å². The highest BCUT2D eigenvalue weighted by atomic mass is 15.1. The summed E-state index contributed by atoms with van der Waals surface area (Å²) in [5.74, 6) is 1.07. The first-order valence-corrected chi connectivity index (χ1v) is 16.9. The van der Waals surface area contributed by atoms with Crippen molar-refractivity contribution in [3.05, 3.63) is 176 Å². The number of rotatable bonds is 6. The van der Waals surface area contributed by atoms with Crippen LogP contribution in [-0.4, -0.2) is 14.5 Å². The van der Waals surface area contributed by atoms with E-state index in [0.29, 0.717) is 0 Å². The maximum absolute atomic E-state index is 4.93. The van der Waals surface area contributed by atoms with E-state index >= 15 is 0 Å². The Morgan fingerprint density at radius 3 is 1.76 bits per heavy atom. The van der Waals surface area contributed by atoms with E-state index in [-0.39, 0.29) is 0 Å². The minimum absolute atomic E-state index is 0.859. The second-order valence-electron chi connectivity index (χ2n) is 12.5. The van der Waals surface area contributed by atoms with Crippen LogP contribution in [0, 0.1) is 0 Å². The standard InChI is InChI=1S/C46H33N3/c1-2-44-48-42-23-9-10-24-43(42)49(44)35-16-12-14-33(30-35)32-13-11-15-34(29-32)45-38-19-5-7-21-40(38)46(41-22-8-6-20-39(41)45)37-18-4-3-17-36(37)31-25-27-47-28-26-31/h3-30H,2H2,1H3. The molecule has 0 spiro atoms. The van der Waals surface area contributed by atoms with E-state index in [4.69, 9.17) is 4.98 Å². The van der Waals surface area contributed by atoms with Gasteiger partial charge >= 0.3 is 0 Å². The zero-order chi connectivity index (χ0) is 32.7. The van der Waals surface area contributed by atoms with Crippen LogP contribution in [0.15, 0.2) is 170 Å². The SMILES string of the molecule is CCc1nc2ccccc2n1-c1cccc(-c2cccc(-c3c4ccccc4c(-c4ccccc4-c4ccncc4)c4ccccc34)c2)c1. The molecule has 9 rings (SSSR count). The van der Waals surface area contributed by atoms with Gasteiger partial charge in [-0.05, 0) is 109 Å². The summed E-state index contributed by atoms with van der Waals surface area (Å²) in [6.45, 7) is 2.17. The smallest absolute Gasteiger partial charge is 0.114 e. The molecule has 0 bridgehead atoms. The van der Waals surface area contributed by atoms with Crippen LogP contribution in [0.1, 0.15) is 12.7 Å². The molecule has 232 valence electrons. The summed E-state index contributed by atoms with van der Waals surface area (Å²) in [7, 11) is 0. The predicted molar refractivity (Wildman–Crippen MR) is 205 cm³/mol. The van der Waals surface area contributed by atoms with Crippen molar-refractivity contribution in [1.82, 2.24) is 14.5 Å². The molecule has 49 heavy (non-hydrogen) atoms. The van der Waals surface area contributed by atoms with Gasteiger partial charge in [0.15, 0.2) is 0 Å². The fraction of sp³-hybridized carbons (Fsp3) is 0.0435. The van der Waals surface area contributed by atoms with Gasteiger partial charge in [-0.3, -0.25) is 9.55 Å². The van der Waals surface area contributed by atoms with Gasteiger partial charge in [-0.1, -0.05) is 122 Å². The lowest BCUT2D eigenvalue weighted by Gasteiger charge is -2.20. The van der Waals surface area contributed by atoms with Crippen LogP contribution in [0.25, 0.3) is 82.8 Å². The molecule has 0 saturated carbocycles. The molecular formula is C46H33N3. The Morgan fingerprint density at radius 2 is 1.04 bits per heavy atom. The van der Waals surface area contributed by atoms with E-state index in [2.05, 4.69) is 174 Å². The van der Waals surface area contributed by atoms with Gasteiger partial charge < -0.3 is 0 Å². The number of pyridine rings is 1. The Balaban J connectivity index is 1.24. The third kappa shape index (κ3) is 4.90. The van der Waals surface area contributed by atoms with E-state index in [1.807, 2.05) is 12.4 Å². The average Bonchev–Trinajstić information content (AvgIpc) is 3.56. The van der Waals surface area contributed by atoms with Crippen LogP contribution in [0.4, 0.5) is 0 Å². The normalized spacial score (nSPS) is 11.4. The second-order valence-corrected chi connectivity index (χ2v) is 12.5. The highest BCUT2D eigenvalue weighted by Crippen LogP contribution is 2.46. The first-order valence-electron chi connectivity index (χ1n) is 16.9. The fourth-order valence-electron chi connectivity index (χ4n) is 7.49. The first-order chi connectivity index (χ1) is 24.3. The molecule has 9 aromatic rings. The third-order valence-electron chi connectivity index (χ3n) is 9.65. The topological polar surface area (TPSA) is 30.7 Å². The van der Waals surface area contributed by atoms with Gasteiger partial charge in [0, 0.05) is 24.5 Å². The second kappa shape index (κ2) is 12.0. The number of aromatic nitrogens is 3. The molecule has 0 saturated heterocycles. The lowest BCUT2D eigenvalue weighted by Crippen LogP contribution is -2.00. The summed E-state index contributed by atoms with van der Waals surface area (Å²) >= 11 is 0. The monoisotopic (exact) mass is 627 g/mol. The number of hydrogen-bond donors (Lipinski definition) is 0. The minimum Gasteiger partial charge on any atom is -0.296 e. The van der Waals surface area contributed by atoms with Crippen molar-refractivity contribution in [3.8, 4) is 50.2 Å². The van der Waals surface area contributed by atoms with E-state index in [1.54, 1.807) is 0 Å². The Kier molecular flexibility index (Phi) is 7.09. The molecule has 7 aromatic carbocycles. The molecule has 2 heterocycles. The van der Waals surface area contributed by atoms with Gasteiger partial charge in [-0.2, -0.15) is 0 Å². The van der Waals surface area contributed by atoms with Crippen LogP contribution in [-0.2, 0) is 6.42 Å². The predicted octanol–water partition coefficient (Wildman–Crippen LogP) is 12.0. The van der Waals surface area contributed by atoms with E-state index in [1.165, 1.54) is 60.5 Å². The average molecular weight is 628 g/mol. The van der Waals surface area contributed by atoms with E-state index < -0.39 is 0 Å². The Morgan fingerprint density at radius 1 is 0.469 bits per heavy atom. The number of aryl methyl sites for hydroxylation is 1. The maximum Gasteiger partial charge on any atom is 0.114 e. The molecule has 0 radical (unpaired) electrons. The molecule has 0 aliphatic heterocycles. The van der Waals surface area contributed by atoms with Crippen molar-refractivity contribution in [2.24, 2.45) is 0 Å². The summed E-state index contributed by atoms with van der Waals surface area (Å²) < 4.78 is 2.30. The summed E-state index contributed by atoms with van der Waals surface area (Å²) in [5, 5.41) is 4.96. The molecule has 2 aromatic heterocycles. The summed E-state index contributed by atoms with van der Waals surface area (Å²) in [4.78, 5) is 9.21. The maximum atomic E-state index is 4.93. The minimum atomic E-state index is 0.859. The summed E-state index contributed by atoms with van der Waals surface area (Å²) in [5.41, 5.74) is 12.9. The van der Waals surface area contributed by atoms with Gasteiger partial charge in [0.2, 0.25) is 0 Å². The Hall–Kier alpha value is -6.32. The lowest BCUT2D eigenvalue weighted by atomic mass is 9.83. The molecule has 3 heteroatoms. The fourth-order valence-corrected chi connectivity index (χ4v) is 7.49. The van der Waals surface area contributed by atoms with Crippen molar-refractivity contribution < 1.29 is 0 Å². The molecular weight excluding hydrogens is 595 g/mol. The molecule has 3 nitrogen and oxygen atoms in total. The van der Waals surface area contributed by atoms with Crippen LogP contribution < -0.4 is 0 Å². The lowest BCUT2D eigenvalue weighted by molar-refractivity contribution is 0.908. The van der Waals surface area contributed by atoms with Gasteiger partial charge in [-0.15, -0.1) is 0 Å². The first kappa shape index (κ1) is 28.9. The number of fused-ring (bicyclic) bond motifs is 3. The highest BCUT2D eigenvalue weighted by Gasteiger charge is 2.19. The Bertz CT molecular complexity index is 2590. The van der Waals surface area contributed by atoms with Gasteiger partial charge in [0.05, 0.1) is 11.0 Å². The largest absolute Gasteiger partial charge is 0.296 e. The number of hydrogen-bond acceptors (Lipinski definition) is 2. The van der Waals surface area contributed by atoms with Crippen LogP contribution >= 0.6 is 0 Å². The molecule has 0 aliphatic rings. The zero-order valence-electron chi connectivity index (χ0n) is 27.2. The van der Waals surface area contributed by atoms with Gasteiger partial charge in [-0.25, -0.2) is 4.98 Å². The zero-order valence-corrected chi connectivity index (χ0v) is 27.2. The van der Waals surface area contributed by atoms with Crippen LogP contribution in [0.5, 0.6) is 0 Å². The molecule has 0 amide bonds. The van der Waals surface area contributed by atoms with Crippen molar-refractivity contribution in [2.45, 2.75) is 13.3 Å². The van der Waals surface area contributed by atoms with E-state index in [9.17, 15) is 0 Å². The summed E-state index contributed by atoms with van der Waals surface area (Å²) in [6.07, 6.45) is 4.60. The number of imidazole rings is 1. The number of para-hydroxylation sites is 2. The van der Waals surface area contributed by atoms with Crippen molar-refractivity contribution >= 4 is 32.6 Å². The Labute approximate surface area is 285 Å².